The van der Waals surface area contributed by atoms with Gasteiger partial charge in [-0.15, -0.1) is 10.2 Å². The Kier molecular flexibility index (Phi) is 4.71. The van der Waals surface area contributed by atoms with Crippen molar-refractivity contribution in [3.8, 4) is 5.82 Å². The molecule has 0 N–H and O–H groups in total. The van der Waals surface area contributed by atoms with Crippen molar-refractivity contribution in [2.45, 2.75) is 13.8 Å². The van der Waals surface area contributed by atoms with E-state index in [1.807, 2.05) is 36.9 Å². The van der Waals surface area contributed by atoms with Crippen LogP contribution in [-0.4, -0.2) is 61.9 Å². The van der Waals surface area contributed by atoms with Crippen molar-refractivity contribution in [3.63, 3.8) is 0 Å². The van der Waals surface area contributed by atoms with Gasteiger partial charge in [0.2, 0.25) is 0 Å². The molecule has 0 radical (unpaired) electrons. The van der Waals surface area contributed by atoms with Crippen LogP contribution in [0.15, 0.2) is 34.7 Å². The minimum absolute atomic E-state index is 0.0285. The van der Waals surface area contributed by atoms with Gasteiger partial charge in [-0.3, -0.25) is 14.9 Å². The van der Waals surface area contributed by atoms with Gasteiger partial charge in [0.25, 0.3) is 5.91 Å². The van der Waals surface area contributed by atoms with Gasteiger partial charge in [0.05, 0.1) is 11.8 Å². The third-order valence-corrected chi connectivity index (χ3v) is 4.74. The number of hydrogen-bond donors (Lipinski definition) is 0. The van der Waals surface area contributed by atoms with Crippen molar-refractivity contribution in [1.82, 2.24) is 24.9 Å². The van der Waals surface area contributed by atoms with E-state index < -0.39 is 10.8 Å². The lowest BCUT2D eigenvalue weighted by atomic mass is 10.3. The van der Waals surface area contributed by atoms with Crippen LogP contribution >= 0.6 is 0 Å². The topological polar surface area (TPSA) is 123 Å². The molecule has 1 amide bonds. The zero-order valence-corrected chi connectivity index (χ0v) is 16.0. The monoisotopic (exact) mass is 397 g/mol. The number of nitro groups is 1. The summed E-state index contributed by atoms with van der Waals surface area (Å²) >= 11 is 0. The van der Waals surface area contributed by atoms with E-state index in [-0.39, 0.29) is 11.7 Å². The van der Waals surface area contributed by atoms with Crippen molar-refractivity contribution < 1.29 is 14.1 Å². The van der Waals surface area contributed by atoms with E-state index in [1.165, 1.54) is 12.1 Å². The lowest BCUT2D eigenvalue weighted by Gasteiger charge is -2.34. The maximum Gasteiger partial charge on any atom is 0.433 e. The first-order valence-electron chi connectivity index (χ1n) is 9.08. The Hall–Kier alpha value is -3.76. The molecule has 29 heavy (non-hydrogen) atoms. The first kappa shape index (κ1) is 18.6. The van der Waals surface area contributed by atoms with Crippen LogP contribution in [-0.2, 0) is 0 Å². The number of aryl methyl sites for hydroxylation is 2. The molecule has 3 aromatic rings. The summed E-state index contributed by atoms with van der Waals surface area (Å²) in [5.74, 6) is 0.538. The zero-order chi connectivity index (χ0) is 20.5. The van der Waals surface area contributed by atoms with Crippen LogP contribution in [0.3, 0.4) is 0 Å². The van der Waals surface area contributed by atoms with Crippen molar-refractivity contribution in [1.29, 1.82) is 0 Å². The van der Waals surface area contributed by atoms with Gasteiger partial charge in [0.1, 0.15) is 4.92 Å². The van der Waals surface area contributed by atoms with E-state index in [0.29, 0.717) is 32.0 Å². The zero-order valence-electron chi connectivity index (χ0n) is 16.0. The van der Waals surface area contributed by atoms with Crippen LogP contribution < -0.4 is 4.90 Å². The molecule has 0 saturated carbocycles. The molecule has 11 heteroatoms. The number of rotatable bonds is 4. The highest BCUT2D eigenvalue weighted by Crippen LogP contribution is 2.20. The quantitative estimate of drug-likeness (QED) is 0.482. The highest BCUT2D eigenvalue weighted by atomic mass is 16.6. The predicted molar refractivity (Wildman–Crippen MR) is 102 cm³/mol. The van der Waals surface area contributed by atoms with Gasteiger partial charge in [-0.2, -0.15) is 5.10 Å². The fraction of sp³-hybridized carbons (Fsp3) is 0.333. The van der Waals surface area contributed by atoms with Crippen LogP contribution in [0.2, 0.25) is 0 Å². The number of anilines is 1. The van der Waals surface area contributed by atoms with Crippen LogP contribution in [0.1, 0.15) is 21.9 Å². The van der Waals surface area contributed by atoms with Crippen molar-refractivity contribution in [2.24, 2.45) is 0 Å². The van der Waals surface area contributed by atoms with E-state index in [2.05, 4.69) is 15.3 Å². The van der Waals surface area contributed by atoms with E-state index in [9.17, 15) is 14.9 Å². The summed E-state index contributed by atoms with van der Waals surface area (Å²) < 4.78 is 6.74. The molecule has 0 aromatic carbocycles. The normalized spacial score (nSPS) is 14.3. The van der Waals surface area contributed by atoms with Gasteiger partial charge < -0.3 is 14.2 Å². The third kappa shape index (κ3) is 3.66. The van der Waals surface area contributed by atoms with E-state index in [4.69, 9.17) is 4.42 Å². The summed E-state index contributed by atoms with van der Waals surface area (Å²) in [6.45, 7) is 5.93. The number of amides is 1. The average Bonchev–Trinajstić information content (AvgIpc) is 3.34. The summed E-state index contributed by atoms with van der Waals surface area (Å²) in [6, 6.07) is 8.23. The summed E-state index contributed by atoms with van der Waals surface area (Å²) in [4.78, 5) is 26.2. The summed E-state index contributed by atoms with van der Waals surface area (Å²) in [5.41, 5.74) is 1.89. The Morgan fingerprint density at radius 2 is 1.76 bits per heavy atom. The molecular weight excluding hydrogens is 378 g/mol. The highest BCUT2D eigenvalue weighted by Gasteiger charge is 2.26. The van der Waals surface area contributed by atoms with Gasteiger partial charge in [-0.1, -0.05) is 0 Å². The van der Waals surface area contributed by atoms with Crippen LogP contribution in [0, 0.1) is 24.0 Å². The fourth-order valence-electron chi connectivity index (χ4n) is 3.30. The van der Waals surface area contributed by atoms with Gasteiger partial charge in [0, 0.05) is 31.9 Å². The van der Waals surface area contributed by atoms with Crippen LogP contribution in [0.4, 0.5) is 11.7 Å². The minimum Gasteiger partial charge on any atom is -0.395 e. The van der Waals surface area contributed by atoms with Crippen molar-refractivity contribution >= 4 is 17.6 Å². The molecule has 1 fully saturated rings. The second-order valence-corrected chi connectivity index (χ2v) is 6.76. The molecule has 0 unspecified atom stereocenters. The Bertz CT molecular complexity index is 1050. The molecule has 1 aliphatic rings. The third-order valence-electron chi connectivity index (χ3n) is 4.74. The van der Waals surface area contributed by atoms with E-state index in [0.717, 1.165) is 17.2 Å². The lowest BCUT2D eigenvalue weighted by Crippen LogP contribution is -2.49. The Morgan fingerprint density at radius 1 is 1.07 bits per heavy atom. The molecule has 4 heterocycles. The number of hydrogen-bond acceptors (Lipinski definition) is 8. The largest absolute Gasteiger partial charge is 0.433 e. The minimum atomic E-state index is -0.664. The Labute approximate surface area is 165 Å². The molecule has 11 nitrogen and oxygen atoms in total. The molecule has 4 rings (SSSR count). The first-order valence-corrected chi connectivity index (χ1v) is 9.08. The highest BCUT2D eigenvalue weighted by molar-refractivity contribution is 5.92. The summed E-state index contributed by atoms with van der Waals surface area (Å²) in [5, 5.41) is 23.7. The Morgan fingerprint density at radius 3 is 2.31 bits per heavy atom. The maximum atomic E-state index is 12.5. The number of furan rings is 1. The SMILES string of the molecule is Cc1cc(C)n(-c2ccc(N3CCN(C(=O)c4ccc([N+](=O)[O-])o4)CC3)nn2)n1. The number of piperazine rings is 1. The van der Waals surface area contributed by atoms with Crippen LogP contribution in [0.5, 0.6) is 0 Å². The molecular formula is C18H19N7O4. The lowest BCUT2D eigenvalue weighted by molar-refractivity contribution is -0.402. The second kappa shape index (κ2) is 7.34. The summed E-state index contributed by atoms with van der Waals surface area (Å²) in [7, 11) is 0. The summed E-state index contributed by atoms with van der Waals surface area (Å²) in [6.07, 6.45) is 0. The smallest absolute Gasteiger partial charge is 0.395 e. The Balaban J connectivity index is 1.39. The predicted octanol–water partition coefficient (Wildman–Crippen LogP) is 1.74. The van der Waals surface area contributed by atoms with Gasteiger partial charge >= 0.3 is 5.88 Å². The van der Waals surface area contributed by atoms with Crippen LogP contribution in [0.25, 0.3) is 5.82 Å². The second-order valence-electron chi connectivity index (χ2n) is 6.76. The van der Waals surface area contributed by atoms with Gasteiger partial charge in [0.15, 0.2) is 17.4 Å². The number of carbonyl (C=O) groups is 1. The van der Waals surface area contributed by atoms with Crippen molar-refractivity contribution in [3.05, 3.63) is 57.6 Å². The number of carbonyl (C=O) groups excluding carboxylic acids is 1. The molecule has 3 aromatic heterocycles. The van der Waals surface area contributed by atoms with Gasteiger partial charge in [-0.05, 0) is 38.1 Å². The molecule has 150 valence electrons. The van der Waals surface area contributed by atoms with E-state index in [1.54, 1.807) is 9.58 Å². The van der Waals surface area contributed by atoms with Crippen molar-refractivity contribution in [2.75, 3.05) is 31.1 Å². The first-order chi connectivity index (χ1) is 13.9. The molecule has 0 spiro atoms. The number of aromatic nitrogens is 4. The maximum absolute atomic E-state index is 12.5. The van der Waals surface area contributed by atoms with E-state index >= 15 is 0 Å². The molecule has 1 aliphatic heterocycles. The fourth-order valence-corrected chi connectivity index (χ4v) is 3.30. The van der Waals surface area contributed by atoms with Gasteiger partial charge in [-0.25, -0.2) is 4.68 Å². The molecule has 1 saturated heterocycles. The molecule has 0 bridgehead atoms. The molecule has 0 atom stereocenters. The molecule has 0 aliphatic carbocycles. The standard InChI is InChI=1S/C18H19N7O4/c1-12-11-13(2)24(21-12)16-5-4-15(19-20-16)22-7-9-23(10-8-22)18(26)14-3-6-17(29-14)25(27)28/h3-6,11H,7-10H2,1-2H3. The number of nitrogens with zero attached hydrogens (tertiary/aromatic N) is 7. The average molecular weight is 397 g/mol.